The summed E-state index contributed by atoms with van der Waals surface area (Å²) in [7, 11) is 0. The number of anilines is 1. The smallest absolute Gasteiger partial charge is 0.231 e. The number of halogens is 2. The predicted octanol–water partition coefficient (Wildman–Crippen LogP) is 5.91. The van der Waals surface area contributed by atoms with Gasteiger partial charge in [-0.15, -0.1) is 0 Å². The number of hydrogen-bond acceptors (Lipinski definition) is 1. The maximum Gasteiger partial charge on any atom is 0.231 e. The molecular formula is C24H23ClFNO. The van der Waals surface area contributed by atoms with Crippen molar-refractivity contribution in [3.63, 3.8) is 0 Å². The molecule has 3 rings (SSSR count). The third kappa shape index (κ3) is 5.20. The molecule has 0 atom stereocenters. The Hall–Kier alpha value is -2.65. The second-order valence-corrected chi connectivity index (χ2v) is 7.44. The van der Waals surface area contributed by atoms with Crippen LogP contribution >= 0.6 is 11.6 Å². The van der Waals surface area contributed by atoms with Crippen LogP contribution in [0.2, 0.25) is 5.02 Å². The molecule has 28 heavy (non-hydrogen) atoms. The Labute approximate surface area is 170 Å². The van der Waals surface area contributed by atoms with Crippen molar-refractivity contribution in [2.24, 2.45) is 0 Å². The lowest BCUT2D eigenvalue weighted by molar-refractivity contribution is -0.118. The molecule has 3 aromatic rings. The number of rotatable bonds is 6. The molecule has 0 heterocycles. The molecule has 144 valence electrons. The van der Waals surface area contributed by atoms with E-state index in [0.717, 1.165) is 22.4 Å². The first-order valence-electron chi connectivity index (χ1n) is 9.29. The van der Waals surface area contributed by atoms with Gasteiger partial charge < -0.3 is 4.90 Å². The summed E-state index contributed by atoms with van der Waals surface area (Å²) in [6.45, 7) is 4.53. The van der Waals surface area contributed by atoms with E-state index >= 15 is 0 Å². The number of carbonyl (C=O) groups is 1. The minimum Gasteiger partial charge on any atom is -0.312 e. The number of amides is 1. The van der Waals surface area contributed by atoms with Crippen molar-refractivity contribution in [3.05, 3.63) is 99.8 Å². The highest BCUT2D eigenvalue weighted by molar-refractivity contribution is 6.30. The van der Waals surface area contributed by atoms with Gasteiger partial charge in [-0.2, -0.15) is 0 Å². The number of nitrogens with zero attached hydrogens (tertiary/aromatic N) is 1. The van der Waals surface area contributed by atoms with Gasteiger partial charge in [0.25, 0.3) is 0 Å². The number of carbonyl (C=O) groups excluding carboxylic acids is 1. The van der Waals surface area contributed by atoms with Gasteiger partial charge in [-0.1, -0.05) is 48.0 Å². The van der Waals surface area contributed by atoms with Crippen molar-refractivity contribution in [2.75, 3.05) is 11.4 Å². The molecule has 0 saturated heterocycles. The van der Waals surface area contributed by atoms with E-state index in [1.807, 2.05) is 62.4 Å². The highest BCUT2D eigenvalue weighted by Crippen LogP contribution is 2.22. The SMILES string of the molecule is Cc1ccc(N(CCc2cc(F)cc(Cl)c2)C(=O)Cc2ccccc2)cc1C. The molecule has 1 amide bonds. The first kappa shape index (κ1) is 20.1. The first-order chi connectivity index (χ1) is 13.4. The normalized spacial score (nSPS) is 10.7. The molecule has 0 bridgehead atoms. The van der Waals surface area contributed by atoms with E-state index in [9.17, 15) is 9.18 Å². The largest absolute Gasteiger partial charge is 0.312 e. The fourth-order valence-corrected chi connectivity index (χ4v) is 3.40. The molecule has 0 aliphatic heterocycles. The maximum absolute atomic E-state index is 13.7. The fourth-order valence-electron chi connectivity index (χ4n) is 3.15. The highest BCUT2D eigenvalue weighted by atomic mass is 35.5. The van der Waals surface area contributed by atoms with Gasteiger partial charge in [-0.25, -0.2) is 4.39 Å². The van der Waals surface area contributed by atoms with Gasteiger partial charge in [0, 0.05) is 17.3 Å². The Morgan fingerprint density at radius 1 is 0.929 bits per heavy atom. The molecular weight excluding hydrogens is 373 g/mol. The zero-order chi connectivity index (χ0) is 20.1. The Morgan fingerprint density at radius 2 is 1.68 bits per heavy atom. The quantitative estimate of drug-likeness (QED) is 0.507. The van der Waals surface area contributed by atoms with Crippen LogP contribution in [0.3, 0.4) is 0 Å². The van der Waals surface area contributed by atoms with Crippen molar-refractivity contribution < 1.29 is 9.18 Å². The van der Waals surface area contributed by atoms with E-state index in [-0.39, 0.29) is 11.7 Å². The van der Waals surface area contributed by atoms with Crippen LogP contribution in [0.15, 0.2) is 66.7 Å². The highest BCUT2D eigenvalue weighted by Gasteiger charge is 2.17. The molecule has 0 saturated carbocycles. The van der Waals surface area contributed by atoms with Gasteiger partial charge in [0.05, 0.1) is 6.42 Å². The van der Waals surface area contributed by atoms with Crippen LogP contribution in [-0.2, 0) is 17.6 Å². The number of benzene rings is 3. The Bertz CT molecular complexity index is 951. The molecule has 0 aliphatic carbocycles. The van der Waals surface area contributed by atoms with Crippen LogP contribution in [0.25, 0.3) is 0 Å². The zero-order valence-electron chi connectivity index (χ0n) is 16.1. The van der Waals surface area contributed by atoms with E-state index in [4.69, 9.17) is 11.6 Å². The summed E-state index contributed by atoms with van der Waals surface area (Å²) in [5, 5.41) is 0.364. The molecule has 0 fully saturated rings. The molecule has 0 spiro atoms. The molecule has 0 unspecified atom stereocenters. The minimum absolute atomic E-state index is 0.0111. The summed E-state index contributed by atoms with van der Waals surface area (Å²) in [5.41, 5.74) is 4.90. The molecule has 0 aromatic heterocycles. The second kappa shape index (κ2) is 9.03. The number of hydrogen-bond donors (Lipinski definition) is 0. The van der Waals surface area contributed by atoms with Gasteiger partial charge in [-0.3, -0.25) is 4.79 Å². The lowest BCUT2D eigenvalue weighted by Crippen LogP contribution is -2.34. The zero-order valence-corrected chi connectivity index (χ0v) is 16.8. The van der Waals surface area contributed by atoms with E-state index in [2.05, 4.69) is 0 Å². The summed E-state index contributed by atoms with van der Waals surface area (Å²) in [6, 6.07) is 20.2. The van der Waals surface area contributed by atoms with Crippen LogP contribution in [-0.4, -0.2) is 12.5 Å². The van der Waals surface area contributed by atoms with Crippen LogP contribution in [0.1, 0.15) is 22.3 Å². The standard InChI is InChI=1S/C24H23ClFNO/c1-17-8-9-23(12-18(17)2)27(24(28)15-19-6-4-3-5-7-19)11-10-20-13-21(25)16-22(26)14-20/h3-9,12-14,16H,10-11,15H2,1-2H3. The van der Waals surface area contributed by atoms with E-state index in [1.165, 1.54) is 17.7 Å². The van der Waals surface area contributed by atoms with E-state index in [0.29, 0.717) is 24.4 Å². The van der Waals surface area contributed by atoms with Crippen molar-refractivity contribution in [3.8, 4) is 0 Å². The average molecular weight is 396 g/mol. The van der Waals surface area contributed by atoms with E-state index in [1.54, 1.807) is 11.0 Å². The summed E-state index contributed by atoms with van der Waals surface area (Å²) in [6.07, 6.45) is 0.836. The van der Waals surface area contributed by atoms with Crippen molar-refractivity contribution in [1.29, 1.82) is 0 Å². The van der Waals surface area contributed by atoms with Gasteiger partial charge in [-0.05, 0) is 72.9 Å². The summed E-state index contributed by atoms with van der Waals surface area (Å²) < 4.78 is 13.7. The molecule has 0 N–H and O–H groups in total. The summed E-state index contributed by atoms with van der Waals surface area (Å²) in [5.74, 6) is -0.354. The fraction of sp³-hybridized carbons (Fsp3) is 0.208. The Morgan fingerprint density at radius 3 is 2.36 bits per heavy atom. The van der Waals surface area contributed by atoms with Gasteiger partial charge in [0.1, 0.15) is 5.82 Å². The molecule has 0 aliphatic rings. The van der Waals surface area contributed by atoms with Gasteiger partial charge in [0.2, 0.25) is 5.91 Å². The predicted molar refractivity (Wildman–Crippen MR) is 114 cm³/mol. The lowest BCUT2D eigenvalue weighted by atomic mass is 10.1. The molecule has 2 nitrogen and oxygen atoms in total. The molecule has 3 aromatic carbocycles. The minimum atomic E-state index is -0.365. The first-order valence-corrected chi connectivity index (χ1v) is 9.66. The molecule has 4 heteroatoms. The van der Waals surface area contributed by atoms with Crippen LogP contribution < -0.4 is 4.90 Å². The van der Waals surface area contributed by atoms with Crippen LogP contribution in [0, 0.1) is 19.7 Å². The third-order valence-electron chi connectivity index (χ3n) is 4.85. The Balaban J connectivity index is 1.84. The third-order valence-corrected chi connectivity index (χ3v) is 5.07. The van der Waals surface area contributed by atoms with Crippen LogP contribution in [0.4, 0.5) is 10.1 Å². The number of aryl methyl sites for hydroxylation is 2. The van der Waals surface area contributed by atoms with Gasteiger partial charge >= 0.3 is 0 Å². The van der Waals surface area contributed by atoms with Crippen molar-refractivity contribution in [1.82, 2.24) is 0 Å². The second-order valence-electron chi connectivity index (χ2n) is 7.00. The van der Waals surface area contributed by atoms with Crippen LogP contribution in [0.5, 0.6) is 0 Å². The Kier molecular flexibility index (Phi) is 6.48. The van der Waals surface area contributed by atoms with Gasteiger partial charge in [0.15, 0.2) is 0 Å². The average Bonchev–Trinajstić information content (AvgIpc) is 2.65. The van der Waals surface area contributed by atoms with Crippen molar-refractivity contribution in [2.45, 2.75) is 26.7 Å². The topological polar surface area (TPSA) is 20.3 Å². The molecule has 0 radical (unpaired) electrons. The summed E-state index contributed by atoms with van der Waals surface area (Å²) >= 11 is 5.97. The monoisotopic (exact) mass is 395 g/mol. The lowest BCUT2D eigenvalue weighted by Gasteiger charge is -2.24. The van der Waals surface area contributed by atoms with Crippen molar-refractivity contribution >= 4 is 23.2 Å². The van der Waals surface area contributed by atoms with E-state index < -0.39 is 0 Å². The summed E-state index contributed by atoms with van der Waals surface area (Å²) in [4.78, 5) is 14.9. The maximum atomic E-state index is 13.7.